The fourth-order valence-corrected chi connectivity index (χ4v) is 6.56. The third-order valence-electron chi connectivity index (χ3n) is 10.4. The minimum Gasteiger partial charge on any atom is -0.477 e. The number of likely N-dealkylation sites (N-methyl/N-ethyl adjacent to an activating group) is 1. The number of rotatable bonds is 45. The molecule has 0 amide bonds. The topological polar surface area (TPSA) is 108 Å². The molecule has 0 aliphatic carbocycles. The average molecular weight is 885 g/mol. The smallest absolute Gasteiger partial charge is 0.361 e. The molecule has 0 aromatic carbocycles. The SMILES string of the molecule is CC/C=C\C/C=C\C/C=C\C/C=C\C/C=C\CCCCCCCC(=O)OC(COC(=O)CCCCCCCCC/C=C\CCCCCCCC)COC(OCC[N+](C)(C)C)C(=O)O. The number of allylic oxidation sites excluding steroid dienone is 12. The van der Waals surface area contributed by atoms with Gasteiger partial charge in [0.1, 0.15) is 13.2 Å². The molecule has 0 aliphatic heterocycles. The van der Waals surface area contributed by atoms with Crippen molar-refractivity contribution in [3.05, 3.63) is 72.9 Å². The molecular formula is C54H94NO8+. The van der Waals surface area contributed by atoms with Crippen molar-refractivity contribution in [3.63, 3.8) is 0 Å². The number of hydrogen-bond donors (Lipinski definition) is 1. The van der Waals surface area contributed by atoms with Gasteiger partial charge in [0.05, 0.1) is 34.4 Å². The molecular weight excluding hydrogens is 791 g/mol. The number of unbranched alkanes of at least 4 members (excludes halogenated alkanes) is 18. The van der Waals surface area contributed by atoms with Crippen LogP contribution >= 0.6 is 0 Å². The van der Waals surface area contributed by atoms with Crippen molar-refractivity contribution in [1.29, 1.82) is 0 Å². The van der Waals surface area contributed by atoms with E-state index in [-0.39, 0.29) is 38.6 Å². The lowest BCUT2D eigenvalue weighted by Crippen LogP contribution is -2.40. The van der Waals surface area contributed by atoms with Crippen LogP contribution in [-0.2, 0) is 33.3 Å². The molecule has 0 saturated heterocycles. The molecule has 0 radical (unpaired) electrons. The fourth-order valence-electron chi connectivity index (χ4n) is 6.56. The maximum absolute atomic E-state index is 12.8. The maximum atomic E-state index is 12.8. The third kappa shape index (κ3) is 46.5. The molecule has 0 spiro atoms. The first-order valence-electron chi connectivity index (χ1n) is 25.1. The first kappa shape index (κ1) is 59.7. The Labute approximate surface area is 386 Å². The Kier molecular flexibility index (Phi) is 43.0. The molecule has 2 unspecified atom stereocenters. The van der Waals surface area contributed by atoms with E-state index in [0.29, 0.717) is 17.4 Å². The van der Waals surface area contributed by atoms with Gasteiger partial charge in [0.15, 0.2) is 6.10 Å². The number of carbonyl (C=O) groups is 3. The lowest BCUT2D eigenvalue weighted by molar-refractivity contribution is -0.870. The molecule has 0 aromatic rings. The Bertz CT molecular complexity index is 1260. The van der Waals surface area contributed by atoms with Gasteiger partial charge < -0.3 is 28.5 Å². The molecule has 0 aliphatic rings. The molecule has 0 aromatic heterocycles. The van der Waals surface area contributed by atoms with Crippen LogP contribution in [-0.4, -0.2) is 87.4 Å². The van der Waals surface area contributed by atoms with Gasteiger partial charge in [-0.25, -0.2) is 4.79 Å². The second-order valence-corrected chi connectivity index (χ2v) is 17.7. The summed E-state index contributed by atoms with van der Waals surface area (Å²) in [6.45, 7) is 4.72. The number of aliphatic carboxylic acids is 1. The number of quaternary nitrogens is 1. The second kappa shape index (κ2) is 45.3. The highest BCUT2D eigenvalue weighted by Crippen LogP contribution is 2.14. The van der Waals surface area contributed by atoms with E-state index in [2.05, 4.69) is 86.8 Å². The monoisotopic (exact) mass is 885 g/mol. The van der Waals surface area contributed by atoms with Gasteiger partial charge in [0.2, 0.25) is 0 Å². The van der Waals surface area contributed by atoms with E-state index < -0.39 is 24.3 Å². The zero-order valence-electron chi connectivity index (χ0n) is 41.0. The molecule has 63 heavy (non-hydrogen) atoms. The molecule has 362 valence electrons. The molecule has 0 heterocycles. The highest BCUT2D eigenvalue weighted by Gasteiger charge is 2.25. The Hall–Kier alpha value is -3.27. The number of carboxylic acids is 1. The standard InChI is InChI=1S/C54H93NO8/c1-6-8-10-12-14-16-18-20-22-24-25-26-27-29-31-33-35-37-39-41-43-45-52(57)63-50(49-62-54(53(58)59)60-47-46-55(3,4)5)48-61-51(56)44-42-40-38-36-34-32-30-28-23-21-19-17-15-13-11-9-7-2/h8,10,14,16,20-23,25-26,29,31,50,54H,6-7,9,11-13,15,17-19,24,27-28,30,32-49H2,1-5H3/p+1/b10-8-,16-14-,22-20-,23-21-,26-25-,31-29-. The van der Waals surface area contributed by atoms with Crippen LogP contribution in [0.15, 0.2) is 72.9 Å². The Morgan fingerprint density at radius 2 is 0.905 bits per heavy atom. The summed E-state index contributed by atoms with van der Waals surface area (Å²) in [5.41, 5.74) is 0. The van der Waals surface area contributed by atoms with Crippen LogP contribution in [0.1, 0.15) is 194 Å². The van der Waals surface area contributed by atoms with E-state index in [0.717, 1.165) is 89.9 Å². The highest BCUT2D eigenvalue weighted by atomic mass is 16.7. The molecule has 0 bridgehead atoms. The van der Waals surface area contributed by atoms with Crippen molar-refractivity contribution in [2.24, 2.45) is 0 Å². The van der Waals surface area contributed by atoms with Gasteiger partial charge >= 0.3 is 17.9 Å². The van der Waals surface area contributed by atoms with E-state index in [1.165, 1.54) is 70.6 Å². The predicted octanol–water partition coefficient (Wildman–Crippen LogP) is 13.9. The first-order chi connectivity index (χ1) is 30.6. The van der Waals surface area contributed by atoms with Gasteiger partial charge in [0, 0.05) is 12.8 Å². The van der Waals surface area contributed by atoms with Gasteiger partial charge in [0.25, 0.3) is 6.29 Å². The number of ether oxygens (including phenoxy) is 4. The maximum Gasteiger partial charge on any atom is 0.361 e. The number of hydrogen-bond acceptors (Lipinski definition) is 7. The zero-order valence-corrected chi connectivity index (χ0v) is 41.0. The summed E-state index contributed by atoms with van der Waals surface area (Å²) in [5, 5.41) is 9.66. The first-order valence-corrected chi connectivity index (χ1v) is 25.1. The zero-order chi connectivity index (χ0) is 46.3. The van der Waals surface area contributed by atoms with Crippen molar-refractivity contribution in [1.82, 2.24) is 0 Å². The van der Waals surface area contributed by atoms with Crippen LogP contribution in [0.3, 0.4) is 0 Å². The molecule has 1 N–H and O–H groups in total. The summed E-state index contributed by atoms with van der Waals surface area (Å²) >= 11 is 0. The van der Waals surface area contributed by atoms with Crippen molar-refractivity contribution >= 4 is 17.9 Å². The third-order valence-corrected chi connectivity index (χ3v) is 10.4. The molecule has 9 nitrogen and oxygen atoms in total. The largest absolute Gasteiger partial charge is 0.477 e. The van der Waals surface area contributed by atoms with Gasteiger partial charge in [-0.3, -0.25) is 9.59 Å². The quantitative estimate of drug-likeness (QED) is 0.0212. The highest BCUT2D eigenvalue weighted by molar-refractivity contribution is 5.71. The Balaban J connectivity index is 4.43. The van der Waals surface area contributed by atoms with Gasteiger partial charge in [-0.2, -0.15) is 0 Å². The van der Waals surface area contributed by atoms with Crippen molar-refractivity contribution in [2.45, 2.75) is 206 Å². The molecule has 0 fully saturated rings. The predicted molar refractivity (Wildman–Crippen MR) is 263 cm³/mol. The lowest BCUT2D eigenvalue weighted by Gasteiger charge is -2.25. The lowest BCUT2D eigenvalue weighted by atomic mass is 10.1. The number of esters is 2. The minimum absolute atomic E-state index is 0.179. The number of carboxylic acid groups (broad SMARTS) is 1. The summed E-state index contributed by atoms with van der Waals surface area (Å²) in [7, 11) is 5.95. The van der Waals surface area contributed by atoms with Crippen LogP contribution in [0.5, 0.6) is 0 Å². The van der Waals surface area contributed by atoms with Crippen LogP contribution in [0.4, 0.5) is 0 Å². The average Bonchev–Trinajstić information content (AvgIpc) is 3.24. The summed E-state index contributed by atoms with van der Waals surface area (Å²) in [5.74, 6) is -2.04. The second-order valence-electron chi connectivity index (χ2n) is 17.7. The number of carbonyl (C=O) groups excluding carboxylic acids is 2. The van der Waals surface area contributed by atoms with Gasteiger partial charge in [-0.1, -0.05) is 170 Å². The van der Waals surface area contributed by atoms with E-state index >= 15 is 0 Å². The van der Waals surface area contributed by atoms with Gasteiger partial charge in [-0.15, -0.1) is 0 Å². The van der Waals surface area contributed by atoms with Gasteiger partial charge in [-0.05, 0) is 83.5 Å². The van der Waals surface area contributed by atoms with E-state index in [1.807, 2.05) is 21.1 Å². The minimum atomic E-state index is -1.52. The molecule has 2 atom stereocenters. The number of nitrogens with zero attached hydrogens (tertiary/aromatic N) is 1. The van der Waals surface area contributed by atoms with E-state index in [9.17, 15) is 19.5 Å². The van der Waals surface area contributed by atoms with Crippen LogP contribution in [0.25, 0.3) is 0 Å². The fraction of sp³-hybridized carbons (Fsp3) is 0.722. The normalized spacial score (nSPS) is 13.5. The van der Waals surface area contributed by atoms with Crippen LogP contribution in [0.2, 0.25) is 0 Å². The summed E-state index contributed by atoms with van der Waals surface area (Å²) in [4.78, 5) is 37.3. The Morgan fingerprint density at radius 1 is 0.492 bits per heavy atom. The summed E-state index contributed by atoms with van der Waals surface area (Å²) < 4.78 is 22.8. The van der Waals surface area contributed by atoms with Crippen molar-refractivity contribution < 1.29 is 42.9 Å². The molecule has 0 rings (SSSR count). The Morgan fingerprint density at radius 3 is 1.37 bits per heavy atom. The van der Waals surface area contributed by atoms with E-state index in [1.54, 1.807) is 0 Å². The molecule has 0 saturated carbocycles. The van der Waals surface area contributed by atoms with Crippen molar-refractivity contribution in [2.75, 3.05) is 47.5 Å². The summed E-state index contributed by atoms with van der Waals surface area (Å²) in [6.07, 6.45) is 53.9. The van der Waals surface area contributed by atoms with Crippen LogP contribution < -0.4 is 0 Å². The molecule has 9 heteroatoms. The summed E-state index contributed by atoms with van der Waals surface area (Å²) in [6, 6.07) is 0. The van der Waals surface area contributed by atoms with Crippen LogP contribution in [0, 0.1) is 0 Å². The van der Waals surface area contributed by atoms with Crippen molar-refractivity contribution in [3.8, 4) is 0 Å². The van der Waals surface area contributed by atoms with E-state index in [4.69, 9.17) is 18.9 Å².